The first-order valence-electron chi connectivity index (χ1n) is 23.2. The van der Waals surface area contributed by atoms with Crippen molar-refractivity contribution in [1.82, 2.24) is 4.90 Å². The third-order valence-electron chi connectivity index (χ3n) is 13.8. The molecule has 0 spiro atoms. The standard InChI is InChI=1S/C53H64N2O9/c1-5-28-61-53-48(55(52(58)59-4)34-39-18-14-17-37-15-6-7-19-42(37)39)33-46(54-64-49-21-10-13-29-60-49)44-31-38(16-8-11-26-56)43(20-9-12-27-57)50(51(44)53)45-32-41(24-25-47(45)63-53)62-40-23-22-35(2)36(3)30-40/h5-7,14-15,17-19,22-25,30-32,38,43,48-51,56-57H,1,8-13,16,20-21,26-29,33-34H2,2-4H3. The van der Waals surface area contributed by atoms with Gasteiger partial charge in [0.2, 0.25) is 12.1 Å². The molecule has 7 atom stereocenters. The van der Waals surface area contributed by atoms with Gasteiger partial charge in [-0.25, -0.2) is 4.79 Å². The molecule has 2 fully saturated rings. The van der Waals surface area contributed by atoms with Crippen LogP contribution in [0.3, 0.4) is 0 Å². The van der Waals surface area contributed by atoms with Crippen LogP contribution in [0, 0.1) is 31.6 Å². The summed E-state index contributed by atoms with van der Waals surface area (Å²) in [5.41, 5.74) is 5.91. The number of fused-ring (bicyclic) bond motifs is 3. The number of rotatable bonds is 18. The van der Waals surface area contributed by atoms with E-state index in [1.807, 2.05) is 42.5 Å². The molecule has 64 heavy (non-hydrogen) atoms. The monoisotopic (exact) mass is 872 g/mol. The quantitative estimate of drug-likeness (QED) is 0.0570. The minimum atomic E-state index is -1.45. The largest absolute Gasteiger partial charge is 0.459 e. The zero-order chi connectivity index (χ0) is 44.6. The number of benzene rings is 4. The Morgan fingerprint density at radius 1 is 0.938 bits per heavy atom. The van der Waals surface area contributed by atoms with Gasteiger partial charge in [-0.15, -0.1) is 6.58 Å². The number of methoxy groups -OCH3 is 1. The molecule has 4 aromatic rings. The molecule has 4 aromatic carbocycles. The molecule has 2 heterocycles. The van der Waals surface area contributed by atoms with Gasteiger partial charge in [0.1, 0.15) is 23.3 Å². The highest BCUT2D eigenvalue weighted by Crippen LogP contribution is 2.62. The first-order valence-corrected chi connectivity index (χ1v) is 23.2. The van der Waals surface area contributed by atoms with Crippen molar-refractivity contribution in [3.63, 3.8) is 0 Å². The number of aliphatic hydroxyl groups excluding tert-OH is 2. The molecule has 0 aromatic heterocycles. The molecule has 8 rings (SSSR count). The molecule has 4 aliphatic rings. The van der Waals surface area contributed by atoms with E-state index in [4.69, 9.17) is 33.7 Å². The van der Waals surface area contributed by atoms with Gasteiger partial charge in [-0.1, -0.05) is 78.7 Å². The average Bonchev–Trinajstić information content (AvgIpc) is 3.32. The van der Waals surface area contributed by atoms with Crippen molar-refractivity contribution < 1.29 is 43.5 Å². The maximum Gasteiger partial charge on any atom is 0.410 e. The Kier molecular flexibility index (Phi) is 14.7. The van der Waals surface area contributed by atoms with E-state index in [2.05, 4.69) is 62.9 Å². The van der Waals surface area contributed by atoms with Crippen LogP contribution in [0.2, 0.25) is 0 Å². The molecule has 7 unspecified atom stereocenters. The Morgan fingerprint density at radius 2 is 1.72 bits per heavy atom. The Bertz CT molecular complexity index is 2310. The third-order valence-corrected chi connectivity index (χ3v) is 13.8. The second kappa shape index (κ2) is 20.7. The van der Waals surface area contributed by atoms with Crippen LogP contribution < -0.4 is 9.47 Å². The average molecular weight is 873 g/mol. The van der Waals surface area contributed by atoms with E-state index in [-0.39, 0.29) is 50.5 Å². The summed E-state index contributed by atoms with van der Waals surface area (Å²) >= 11 is 0. The van der Waals surface area contributed by atoms with Crippen molar-refractivity contribution in [2.24, 2.45) is 22.9 Å². The fourth-order valence-electron chi connectivity index (χ4n) is 10.6. The predicted molar refractivity (Wildman–Crippen MR) is 248 cm³/mol. The zero-order valence-corrected chi connectivity index (χ0v) is 37.6. The van der Waals surface area contributed by atoms with Crippen molar-refractivity contribution in [2.75, 3.05) is 33.5 Å². The highest BCUT2D eigenvalue weighted by Gasteiger charge is 2.65. The van der Waals surface area contributed by atoms with Gasteiger partial charge in [-0.2, -0.15) is 0 Å². The number of aliphatic hydroxyl groups is 2. The highest BCUT2D eigenvalue weighted by atomic mass is 16.8. The van der Waals surface area contributed by atoms with E-state index in [1.54, 1.807) is 11.0 Å². The summed E-state index contributed by atoms with van der Waals surface area (Å²) in [5.74, 6) is 0.0462. The van der Waals surface area contributed by atoms with E-state index in [0.717, 1.165) is 83.7 Å². The lowest BCUT2D eigenvalue weighted by atomic mass is 9.55. The number of hydrogen-bond donors (Lipinski definition) is 2. The summed E-state index contributed by atoms with van der Waals surface area (Å²) in [6.07, 6.45) is 10.6. The summed E-state index contributed by atoms with van der Waals surface area (Å²) in [6.45, 7) is 9.41. The second-order valence-corrected chi connectivity index (χ2v) is 17.8. The van der Waals surface area contributed by atoms with Gasteiger partial charge in [-0.05, 0) is 128 Å². The number of ether oxygens (including phenoxy) is 5. The molecule has 0 radical (unpaired) electrons. The van der Waals surface area contributed by atoms with E-state index in [9.17, 15) is 15.0 Å². The van der Waals surface area contributed by atoms with Crippen LogP contribution in [0.5, 0.6) is 17.2 Å². The highest BCUT2D eigenvalue weighted by molar-refractivity contribution is 6.03. The summed E-state index contributed by atoms with van der Waals surface area (Å²) in [4.78, 5) is 22.6. The van der Waals surface area contributed by atoms with Gasteiger partial charge in [0.25, 0.3) is 0 Å². The summed E-state index contributed by atoms with van der Waals surface area (Å²) in [5, 5.41) is 27.1. The third kappa shape index (κ3) is 9.45. The van der Waals surface area contributed by atoms with Gasteiger partial charge < -0.3 is 38.7 Å². The first kappa shape index (κ1) is 45.4. The number of hydrogen-bond acceptors (Lipinski definition) is 10. The fraction of sp³-hybridized carbons (Fsp3) is 0.472. The van der Waals surface area contributed by atoms with Gasteiger partial charge >= 0.3 is 6.09 Å². The number of nitrogens with zero attached hydrogens (tertiary/aromatic N) is 2. The molecule has 0 bridgehead atoms. The van der Waals surface area contributed by atoms with E-state index >= 15 is 0 Å². The summed E-state index contributed by atoms with van der Waals surface area (Å²) in [7, 11) is 1.41. The fourth-order valence-corrected chi connectivity index (χ4v) is 10.6. The number of carbonyl (C=O) groups excluding carboxylic acids is 1. The minimum absolute atomic E-state index is 0.0532. The molecule has 340 valence electrons. The number of allylic oxidation sites excluding steroid dienone is 1. The molecular formula is C53H64N2O9. The Morgan fingerprint density at radius 3 is 2.48 bits per heavy atom. The number of unbranched alkanes of at least 4 members (excludes halogenated alkanes) is 2. The molecule has 1 saturated carbocycles. The molecule has 11 heteroatoms. The zero-order valence-electron chi connectivity index (χ0n) is 37.6. The topological polar surface area (TPSA) is 129 Å². The molecular weight excluding hydrogens is 809 g/mol. The van der Waals surface area contributed by atoms with Crippen molar-refractivity contribution >= 4 is 22.6 Å². The number of amides is 1. The number of aryl methyl sites for hydroxylation is 2. The van der Waals surface area contributed by atoms with E-state index in [1.165, 1.54) is 12.7 Å². The Labute approximate surface area is 377 Å². The number of carbonyl (C=O) groups is 1. The smallest absolute Gasteiger partial charge is 0.410 e. The van der Waals surface area contributed by atoms with Crippen LogP contribution in [0.25, 0.3) is 10.8 Å². The van der Waals surface area contributed by atoms with E-state index < -0.39 is 30.1 Å². The van der Waals surface area contributed by atoms with Crippen LogP contribution in [0.4, 0.5) is 4.79 Å². The Balaban J connectivity index is 1.34. The molecule has 2 aliphatic heterocycles. The van der Waals surface area contributed by atoms with Crippen LogP contribution in [0.15, 0.2) is 108 Å². The maximum absolute atomic E-state index is 14.6. The van der Waals surface area contributed by atoms with Gasteiger partial charge in [0, 0.05) is 37.5 Å². The first-order chi connectivity index (χ1) is 31.3. The Hall–Kier alpha value is -5.20. The molecule has 11 nitrogen and oxygen atoms in total. The lowest BCUT2D eigenvalue weighted by Crippen LogP contribution is -2.70. The summed E-state index contributed by atoms with van der Waals surface area (Å²) < 4.78 is 32.9. The maximum atomic E-state index is 14.6. The van der Waals surface area contributed by atoms with Gasteiger partial charge in [-0.3, -0.25) is 4.90 Å². The summed E-state index contributed by atoms with van der Waals surface area (Å²) in [6, 6.07) is 25.7. The molecule has 2 aliphatic carbocycles. The van der Waals surface area contributed by atoms with Crippen LogP contribution >= 0.6 is 0 Å². The van der Waals surface area contributed by atoms with E-state index in [0.29, 0.717) is 36.7 Å². The van der Waals surface area contributed by atoms with Crippen molar-refractivity contribution in [3.8, 4) is 17.2 Å². The lowest BCUT2D eigenvalue weighted by Gasteiger charge is -2.59. The van der Waals surface area contributed by atoms with Gasteiger partial charge in [0.15, 0.2) is 0 Å². The molecule has 1 saturated heterocycles. The minimum Gasteiger partial charge on any atom is -0.459 e. The number of oxime groups is 1. The second-order valence-electron chi connectivity index (χ2n) is 17.8. The SMILES string of the molecule is C=CCOC12Oc3ccc(Oc4ccc(C)c(C)c4)cc3C3C(CCCCO)C(CCCCO)C=C(C(=NOC4CCCCO4)CC1N(Cc1cccc4ccccc14)C(=O)OC)C32. The van der Waals surface area contributed by atoms with Crippen LogP contribution in [-0.4, -0.2) is 78.6 Å². The van der Waals surface area contributed by atoms with Gasteiger partial charge in [0.05, 0.1) is 38.5 Å². The van der Waals surface area contributed by atoms with Crippen LogP contribution in [0.1, 0.15) is 92.4 Å². The van der Waals surface area contributed by atoms with Crippen molar-refractivity contribution in [2.45, 2.75) is 109 Å². The lowest BCUT2D eigenvalue weighted by molar-refractivity contribution is -0.256. The van der Waals surface area contributed by atoms with Crippen molar-refractivity contribution in [3.05, 3.63) is 125 Å². The normalized spacial score (nSPS) is 25.4. The van der Waals surface area contributed by atoms with Crippen molar-refractivity contribution in [1.29, 1.82) is 0 Å². The molecule has 1 amide bonds. The predicted octanol–water partition coefficient (Wildman–Crippen LogP) is 10.7. The van der Waals surface area contributed by atoms with Crippen LogP contribution in [-0.2, 0) is 25.6 Å². The molecule has 2 N–H and O–H groups in total.